The molecule has 1 unspecified atom stereocenters. The van der Waals surface area contributed by atoms with E-state index < -0.39 is 0 Å². The van der Waals surface area contributed by atoms with Crippen molar-refractivity contribution in [1.82, 2.24) is 9.88 Å². The van der Waals surface area contributed by atoms with E-state index in [1.807, 2.05) is 0 Å². The first-order valence-electron chi connectivity index (χ1n) is 9.49. The lowest BCUT2D eigenvalue weighted by molar-refractivity contribution is 0.0855. The van der Waals surface area contributed by atoms with Crippen LogP contribution in [-0.4, -0.2) is 36.1 Å². The zero-order valence-electron chi connectivity index (χ0n) is 15.2. The number of fused-ring (bicyclic) bond motifs is 2. The van der Waals surface area contributed by atoms with Gasteiger partial charge in [-0.1, -0.05) is 19.1 Å². The second-order valence-corrected chi connectivity index (χ2v) is 7.62. The Morgan fingerprint density at radius 1 is 1.40 bits per heavy atom. The Hall–Kier alpha value is -1.83. The van der Waals surface area contributed by atoms with Crippen LogP contribution in [-0.2, 0) is 17.8 Å². The van der Waals surface area contributed by atoms with Crippen molar-refractivity contribution in [3.8, 4) is 6.07 Å². The smallest absolute Gasteiger partial charge is 0.0865 e. The molecule has 1 aliphatic heterocycles. The van der Waals surface area contributed by atoms with Crippen LogP contribution < -0.4 is 0 Å². The van der Waals surface area contributed by atoms with Crippen LogP contribution in [0.2, 0.25) is 0 Å². The van der Waals surface area contributed by atoms with Crippen LogP contribution in [0.3, 0.4) is 0 Å². The molecule has 1 aromatic carbocycles. The molecule has 0 spiro atoms. The molecule has 0 saturated carbocycles. The third-order valence-electron chi connectivity index (χ3n) is 6.05. The van der Waals surface area contributed by atoms with Crippen LogP contribution in [0, 0.1) is 17.2 Å². The Balaban J connectivity index is 1.80. The molecule has 4 heteroatoms. The van der Waals surface area contributed by atoms with Gasteiger partial charge in [0.2, 0.25) is 0 Å². The number of benzene rings is 1. The molecule has 2 aliphatic rings. The van der Waals surface area contributed by atoms with Crippen molar-refractivity contribution in [2.45, 2.75) is 51.2 Å². The van der Waals surface area contributed by atoms with E-state index in [0.29, 0.717) is 30.9 Å². The van der Waals surface area contributed by atoms with Crippen molar-refractivity contribution in [3.05, 3.63) is 35.0 Å². The quantitative estimate of drug-likeness (QED) is 0.898. The number of ether oxygens (including phenoxy) is 1. The van der Waals surface area contributed by atoms with E-state index in [1.54, 1.807) is 7.11 Å². The van der Waals surface area contributed by atoms with Crippen molar-refractivity contribution >= 4 is 10.9 Å². The first-order chi connectivity index (χ1) is 12.3. The normalized spacial score (nSPS) is 25.7. The molecule has 0 amide bonds. The molecule has 0 radical (unpaired) electrons. The van der Waals surface area contributed by atoms with Crippen LogP contribution in [0.1, 0.15) is 48.9 Å². The third kappa shape index (κ3) is 2.76. The molecule has 25 heavy (non-hydrogen) atoms. The highest BCUT2D eigenvalue weighted by molar-refractivity contribution is 5.89. The molecule has 1 aromatic heterocycles. The predicted molar refractivity (Wildman–Crippen MR) is 99.4 cm³/mol. The molecule has 1 aliphatic carbocycles. The Bertz CT molecular complexity index is 803. The summed E-state index contributed by atoms with van der Waals surface area (Å²) in [4.78, 5) is 6.25. The molecule has 1 fully saturated rings. The van der Waals surface area contributed by atoms with E-state index >= 15 is 0 Å². The summed E-state index contributed by atoms with van der Waals surface area (Å²) in [5.41, 5.74) is 5.40. The molecule has 2 heterocycles. The van der Waals surface area contributed by atoms with Crippen LogP contribution in [0.25, 0.3) is 10.9 Å². The summed E-state index contributed by atoms with van der Waals surface area (Å²) >= 11 is 0. The molecule has 0 bridgehead atoms. The van der Waals surface area contributed by atoms with Gasteiger partial charge in [0.1, 0.15) is 0 Å². The number of methoxy groups -OCH3 is 1. The largest absolute Gasteiger partial charge is 0.378 e. The first-order valence-corrected chi connectivity index (χ1v) is 9.49. The highest BCUT2D eigenvalue weighted by atomic mass is 16.5. The van der Waals surface area contributed by atoms with Gasteiger partial charge in [0.15, 0.2) is 0 Å². The zero-order valence-corrected chi connectivity index (χ0v) is 15.2. The minimum atomic E-state index is 0.493. The van der Waals surface area contributed by atoms with Gasteiger partial charge in [-0.05, 0) is 48.9 Å². The van der Waals surface area contributed by atoms with Crippen LogP contribution in [0.15, 0.2) is 18.2 Å². The van der Waals surface area contributed by atoms with Crippen LogP contribution in [0.4, 0.5) is 0 Å². The summed E-state index contributed by atoms with van der Waals surface area (Å²) in [5, 5.41) is 10.6. The van der Waals surface area contributed by atoms with E-state index in [1.165, 1.54) is 27.7 Å². The number of rotatable bonds is 5. The minimum absolute atomic E-state index is 0.493. The van der Waals surface area contributed by atoms with Crippen molar-refractivity contribution in [3.63, 3.8) is 0 Å². The number of nitriles is 1. The summed E-state index contributed by atoms with van der Waals surface area (Å²) < 4.78 is 5.44. The van der Waals surface area contributed by atoms with E-state index in [0.717, 1.165) is 32.4 Å². The number of likely N-dealkylation sites (tertiary alicyclic amines) is 1. The molecular weight excluding hydrogens is 310 g/mol. The Kier molecular flexibility index (Phi) is 4.54. The molecule has 1 saturated heterocycles. The number of hydrogen-bond donors (Lipinski definition) is 1. The number of aromatic amines is 1. The maximum absolute atomic E-state index is 9.22. The van der Waals surface area contributed by atoms with Gasteiger partial charge in [-0.2, -0.15) is 5.26 Å². The Morgan fingerprint density at radius 3 is 3.04 bits per heavy atom. The van der Waals surface area contributed by atoms with Gasteiger partial charge in [0.05, 0.1) is 12.7 Å². The summed E-state index contributed by atoms with van der Waals surface area (Å²) in [7, 11) is 1.77. The maximum Gasteiger partial charge on any atom is 0.0865 e. The minimum Gasteiger partial charge on any atom is -0.378 e. The Morgan fingerprint density at radius 2 is 2.28 bits per heavy atom. The molecular formula is C21H27N3O. The van der Waals surface area contributed by atoms with E-state index in [4.69, 9.17) is 4.74 Å². The average molecular weight is 337 g/mol. The number of nitrogens with one attached hydrogen (secondary N) is 1. The molecule has 3 atom stereocenters. The third-order valence-corrected chi connectivity index (χ3v) is 6.05. The SMILES string of the molecule is CCCN1C[C@H](CC#N)CC2c3cccc4[nH]c(COC)c(c34)C[C@H]21. The lowest BCUT2D eigenvalue weighted by Crippen LogP contribution is -2.50. The lowest BCUT2D eigenvalue weighted by Gasteiger charge is -2.47. The number of nitrogens with zero attached hydrogens (tertiary/aromatic N) is 2. The van der Waals surface area contributed by atoms with Gasteiger partial charge in [0, 0.05) is 48.6 Å². The predicted octanol–water partition coefficient (Wildman–Crippen LogP) is 3.97. The topological polar surface area (TPSA) is 52.0 Å². The molecule has 4 nitrogen and oxygen atoms in total. The molecule has 2 aromatic rings. The zero-order chi connectivity index (χ0) is 17.4. The molecule has 4 rings (SSSR count). The van der Waals surface area contributed by atoms with Gasteiger partial charge in [-0.3, -0.25) is 4.90 Å². The molecule has 1 N–H and O–H groups in total. The van der Waals surface area contributed by atoms with Gasteiger partial charge in [0.25, 0.3) is 0 Å². The van der Waals surface area contributed by atoms with Crippen LogP contribution >= 0.6 is 0 Å². The lowest BCUT2D eigenvalue weighted by atomic mass is 9.71. The second-order valence-electron chi connectivity index (χ2n) is 7.62. The van der Waals surface area contributed by atoms with Crippen LogP contribution in [0.5, 0.6) is 0 Å². The van der Waals surface area contributed by atoms with E-state index in [2.05, 4.69) is 41.1 Å². The van der Waals surface area contributed by atoms with Crippen molar-refractivity contribution < 1.29 is 4.74 Å². The highest BCUT2D eigenvalue weighted by Gasteiger charge is 2.41. The number of hydrogen-bond acceptors (Lipinski definition) is 3. The summed E-state index contributed by atoms with van der Waals surface area (Å²) in [5.74, 6) is 1.04. The first kappa shape index (κ1) is 16.6. The summed E-state index contributed by atoms with van der Waals surface area (Å²) in [6, 6.07) is 9.63. The van der Waals surface area contributed by atoms with Gasteiger partial charge in [-0.25, -0.2) is 0 Å². The van der Waals surface area contributed by atoms with E-state index in [-0.39, 0.29) is 0 Å². The van der Waals surface area contributed by atoms with E-state index in [9.17, 15) is 5.26 Å². The fraction of sp³-hybridized carbons (Fsp3) is 0.571. The standard InChI is InChI=1S/C21H27N3O/c1-3-9-24-12-14(7-8-22)10-16-15-5-4-6-18-21(15)17(11-20(16)24)19(23-18)13-25-2/h4-6,14,16,20,23H,3,7,9-13H2,1-2H3/t14-,16?,20-/m1/s1. The summed E-state index contributed by atoms with van der Waals surface area (Å²) in [6.07, 6.45) is 4.08. The fourth-order valence-electron chi connectivity index (χ4n) is 5.15. The van der Waals surface area contributed by atoms with Crippen molar-refractivity contribution in [2.24, 2.45) is 5.92 Å². The highest BCUT2D eigenvalue weighted by Crippen LogP contribution is 2.46. The number of H-pyrrole nitrogens is 1. The van der Waals surface area contributed by atoms with Gasteiger partial charge in [-0.15, -0.1) is 0 Å². The monoisotopic (exact) mass is 337 g/mol. The Labute approximate surface area is 149 Å². The van der Waals surface area contributed by atoms with Crippen molar-refractivity contribution in [1.29, 1.82) is 5.26 Å². The van der Waals surface area contributed by atoms with Gasteiger partial charge < -0.3 is 9.72 Å². The second kappa shape index (κ2) is 6.82. The van der Waals surface area contributed by atoms with Gasteiger partial charge >= 0.3 is 0 Å². The molecule has 132 valence electrons. The fourth-order valence-corrected chi connectivity index (χ4v) is 5.15. The number of piperidine rings is 1. The summed E-state index contributed by atoms with van der Waals surface area (Å²) in [6.45, 7) is 5.09. The maximum atomic E-state index is 9.22. The average Bonchev–Trinajstić information content (AvgIpc) is 2.96. The van der Waals surface area contributed by atoms with Crippen molar-refractivity contribution in [2.75, 3.05) is 20.2 Å². The number of aromatic nitrogens is 1.